The molecule has 0 saturated heterocycles. The Hall–Kier alpha value is -3.31. The van der Waals surface area contributed by atoms with Gasteiger partial charge in [-0.15, -0.1) is 6.58 Å². The van der Waals surface area contributed by atoms with Gasteiger partial charge in [-0.3, -0.25) is 19.1 Å². The highest BCUT2D eigenvalue weighted by molar-refractivity contribution is 7.91. The molecule has 0 aliphatic heterocycles. The van der Waals surface area contributed by atoms with Gasteiger partial charge in [0.25, 0.3) is 5.91 Å². The van der Waals surface area contributed by atoms with E-state index in [0.717, 1.165) is 10.8 Å². The molecule has 220 valence electrons. The molecule has 4 N–H and O–H groups in total. The molecular weight excluding hydrogens is 544 g/mol. The van der Waals surface area contributed by atoms with Crippen LogP contribution in [0.15, 0.2) is 49.2 Å². The molecule has 10 nitrogen and oxygen atoms in total. The number of fused-ring (bicyclic) bond motifs is 1. The number of ether oxygens (including phenoxy) is 1. The van der Waals surface area contributed by atoms with Crippen molar-refractivity contribution in [2.75, 3.05) is 0 Å². The van der Waals surface area contributed by atoms with Crippen LogP contribution < -0.4 is 20.5 Å². The molecule has 3 aliphatic rings. The molecule has 1 aromatic carbocycles. The predicted octanol–water partition coefficient (Wildman–Crippen LogP) is 2.62. The van der Waals surface area contributed by atoms with Gasteiger partial charge in [0.15, 0.2) is 5.78 Å². The van der Waals surface area contributed by atoms with E-state index in [0.29, 0.717) is 18.7 Å². The van der Waals surface area contributed by atoms with Crippen molar-refractivity contribution in [2.24, 2.45) is 28.9 Å². The maximum atomic E-state index is 13.8. The summed E-state index contributed by atoms with van der Waals surface area (Å²) < 4.78 is 33.4. The largest absolute Gasteiger partial charge is 0.474 e. The maximum absolute atomic E-state index is 13.8. The normalized spacial score (nSPS) is 28.5. The lowest BCUT2D eigenvalue weighted by Crippen LogP contribution is -2.55. The minimum absolute atomic E-state index is 0.209. The summed E-state index contributed by atoms with van der Waals surface area (Å²) in [4.78, 5) is 45.1. The number of carbonyl (C=O) groups is 3. The summed E-state index contributed by atoms with van der Waals surface area (Å²) in [6, 6.07) is 8.71. The molecule has 6 atom stereocenters. The van der Waals surface area contributed by atoms with Crippen molar-refractivity contribution < 1.29 is 27.5 Å². The molecule has 0 spiro atoms. The van der Waals surface area contributed by atoms with Crippen LogP contribution in [0.1, 0.15) is 52.9 Å². The van der Waals surface area contributed by atoms with E-state index in [1.54, 1.807) is 6.20 Å². The molecule has 0 radical (unpaired) electrons. The second-order valence-electron chi connectivity index (χ2n) is 12.7. The van der Waals surface area contributed by atoms with E-state index in [4.69, 9.17) is 10.5 Å². The van der Waals surface area contributed by atoms with Gasteiger partial charge in [0.1, 0.15) is 11.6 Å². The molecule has 41 heavy (non-hydrogen) atoms. The summed E-state index contributed by atoms with van der Waals surface area (Å²) in [5.74, 6) is -3.13. The standard InChI is InChI=1S/C30H38N4O6S/c1-5-18-16-30(18,28(37)34-41(38,39)20-10-11-20)33-26(36)23-15-19(14-22(23)24(35)25(31)29(2,3)4)40-27-21-9-7-6-8-17(21)12-13-32-27/h5-9,12-13,18-20,22-23,25H,1,10-11,14-16,31H2,2-4H3,(H,33,36)(H,34,37)/t18-,19+,22?,23-,25-,30-/m1/s1. The molecule has 11 heteroatoms. The van der Waals surface area contributed by atoms with Crippen LogP contribution in [-0.4, -0.2) is 53.9 Å². The summed E-state index contributed by atoms with van der Waals surface area (Å²) in [5, 5.41) is 4.00. The lowest BCUT2D eigenvalue weighted by molar-refractivity contribution is -0.136. The second-order valence-corrected chi connectivity index (χ2v) is 14.7. The number of rotatable bonds is 10. The number of nitrogens with zero attached hydrogens (tertiary/aromatic N) is 1. The first-order valence-electron chi connectivity index (χ1n) is 14.1. The SMILES string of the molecule is C=C[C@@H]1C[C@]1(NC(=O)[C@@H]1C[C@@H](Oc2nccc3ccccc23)CC1C(=O)[C@@H](N)C(C)(C)C)C(=O)NS(=O)(=O)C1CC1. The number of nitrogens with one attached hydrogen (secondary N) is 2. The Labute approximate surface area is 240 Å². The van der Waals surface area contributed by atoms with E-state index < -0.39 is 67.9 Å². The fraction of sp³-hybridized carbons (Fsp3) is 0.533. The van der Waals surface area contributed by atoms with Gasteiger partial charge in [-0.1, -0.05) is 45.0 Å². The molecular formula is C30H38N4O6S. The number of nitrogens with two attached hydrogens (primary N) is 1. The number of ketones is 1. The molecule has 1 unspecified atom stereocenters. The maximum Gasteiger partial charge on any atom is 0.259 e. The number of aromatic nitrogens is 1. The summed E-state index contributed by atoms with van der Waals surface area (Å²) in [6.07, 6.45) is 4.37. The zero-order valence-electron chi connectivity index (χ0n) is 23.6. The van der Waals surface area contributed by atoms with Gasteiger partial charge in [0, 0.05) is 23.4 Å². The Morgan fingerprint density at radius 2 is 1.83 bits per heavy atom. The summed E-state index contributed by atoms with van der Waals surface area (Å²) in [6.45, 7) is 9.35. The third-order valence-electron chi connectivity index (χ3n) is 8.63. The smallest absolute Gasteiger partial charge is 0.259 e. The quantitative estimate of drug-likeness (QED) is 0.361. The van der Waals surface area contributed by atoms with Crippen LogP contribution in [0.3, 0.4) is 0 Å². The molecule has 1 heterocycles. The first kappa shape index (κ1) is 29.2. The van der Waals surface area contributed by atoms with Crippen molar-refractivity contribution in [3.05, 3.63) is 49.2 Å². The lowest BCUT2D eigenvalue weighted by Gasteiger charge is -2.30. The second kappa shape index (κ2) is 10.5. The Kier molecular flexibility index (Phi) is 7.48. The predicted molar refractivity (Wildman–Crippen MR) is 154 cm³/mol. The van der Waals surface area contributed by atoms with Gasteiger partial charge in [-0.25, -0.2) is 13.4 Å². The van der Waals surface area contributed by atoms with Crippen molar-refractivity contribution in [3.63, 3.8) is 0 Å². The monoisotopic (exact) mass is 582 g/mol. The van der Waals surface area contributed by atoms with Crippen LogP contribution >= 0.6 is 0 Å². The molecule has 3 saturated carbocycles. The zero-order valence-corrected chi connectivity index (χ0v) is 24.4. The van der Waals surface area contributed by atoms with Gasteiger partial charge >= 0.3 is 0 Å². The van der Waals surface area contributed by atoms with Gasteiger partial charge in [0.2, 0.25) is 21.8 Å². The highest BCUT2D eigenvalue weighted by atomic mass is 32.2. The molecule has 0 bridgehead atoms. The van der Waals surface area contributed by atoms with Crippen LogP contribution in [0.5, 0.6) is 5.88 Å². The van der Waals surface area contributed by atoms with Crippen LogP contribution in [0, 0.1) is 23.2 Å². The Bertz CT molecular complexity index is 1490. The van der Waals surface area contributed by atoms with Crippen molar-refractivity contribution in [3.8, 4) is 5.88 Å². The van der Waals surface area contributed by atoms with Gasteiger partial charge < -0.3 is 15.8 Å². The number of Topliss-reactive ketones (excluding diaryl/α,β-unsaturated/α-hetero) is 1. The first-order chi connectivity index (χ1) is 19.3. The molecule has 2 aromatic rings. The lowest BCUT2D eigenvalue weighted by atomic mass is 9.78. The highest BCUT2D eigenvalue weighted by Crippen LogP contribution is 2.46. The minimum atomic E-state index is -3.81. The number of amides is 2. The molecule has 1 aromatic heterocycles. The van der Waals surface area contributed by atoms with Crippen LogP contribution in [0.25, 0.3) is 10.8 Å². The van der Waals surface area contributed by atoms with Gasteiger partial charge in [0.05, 0.1) is 17.2 Å². The number of carbonyl (C=O) groups excluding carboxylic acids is 3. The van der Waals surface area contributed by atoms with Crippen molar-refractivity contribution >= 4 is 38.4 Å². The Balaban J connectivity index is 1.39. The van der Waals surface area contributed by atoms with E-state index >= 15 is 0 Å². The van der Waals surface area contributed by atoms with Crippen LogP contribution in [-0.2, 0) is 24.4 Å². The number of hydrogen-bond acceptors (Lipinski definition) is 8. The van der Waals surface area contributed by atoms with E-state index in [-0.39, 0.29) is 25.0 Å². The fourth-order valence-electron chi connectivity index (χ4n) is 5.72. The number of hydrogen-bond donors (Lipinski definition) is 3. The van der Waals surface area contributed by atoms with Gasteiger partial charge in [-0.05, 0) is 55.0 Å². The average molecular weight is 583 g/mol. The summed E-state index contributed by atoms with van der Waals surface area (Å²) >= 11 is 0. The van der Waals surface area contributed by atoms with Crippen molar-refractivity contribution in [1.82, 2.24) is 15.0 Å². The number of sulfonamides is 1. The third-order valence-corrected chi connectivity index (χ3v) is 10.4. The minimum Gasteiger partial charge on any atom is -0.474 e. The van der Waals surface area contributed by atoms with Crippen LogP contribution in [0.4, 0.5) is 0 Å². The number of pyridine rings is 1. The fourth-order valence-corrected chi connectivity index (χ4v) is 7.09. The third kappa shape index (κ3) is 5.74. The molecule has 3 aliphatic carbocycles. The van der Waals surface area contributed by atoms with E-state index in [1.807, 2.05) is 51.1 Å². The molecule has 5 rings (SSSR count). The molecule has 2 amide bonds. The first-order valence-corrected chi connectivity index (χ1v) is 15.6. The van der Waals surface area contributed by atoms with E-state index in [2.05, 4.69) is 21.6 Å². The van der Waals surface area contributed by atoms with Gasteiger partial charge in [-0.2, -0.15) is 0 Å². The summed E-state index contributed by atoms with van der Waals surface area (Å²) in [7, 11) is -3.81. The van der Waals surface area contributed by atoms with Crippen molar-refractivity contribution in [1.29, 1.82) is 0 Å². The molecule has 3 fully saturated rings. The van der Waals surface area contributed by atoms with E-state index in [1.165, 1.54) is 6.08 Å². The zero-order chi connectivity index (χ0) is 29.7. The average Bonchev–Trinajstić information content (AvgIpc) is 3.84. The van der Waals surface area contributed by atoms with Crippen molar-refractivity contribution in [2.45, 2.75) is 75.8 Å². The highest BCUT2D eigenvalue weighted by Gasteiger charge is 2.62. The van der Waals surface area contributed by atoms with Crippen LogP contribution in [0.2, 0.25) is 0 Å². The Morgan fingerprint density at radius 3 is 2.46 bits per heavy atom. The summed E-state index contributed by atoms with van der Waals surface area (Å²) in [5.41, 5.74) is 4.40. The Morgan fingerprint density at radius 1 is 1.15 bits per heavy atom. The topological polar surface area (TPSA) is 158 Å². The number of benzene rings is 1. The van der Waals surface area contributed by atoms with E-state index in [9.17, 15) is 22.8 Å².